The van der Waals surface area contributed by atoms with E-state index in [4.69, 9.17) is 14.2 Å². The summed E-state index contributed by atoms with van der Waals surface area (Å²) in [6, 6.07) is 0. The predicted molar refractivity (Wildman–Crippen MR) is 69.1 cm³/mol. The van der Waals surface area contributed by atoms with Crippen LogP contribution in [0.5, 0.6) is 0 Å². The molecule has 1 N–H and O–H groups in total. The Hall–Kier alpha value is -0.790. The number of methoxy groups -OCH3 is 3. The van der Waals surface area contributed by atoms with Crippen molar-refractivity contribution in [2.24, 2.45) is 0 Å². The van der Waals surface area contributed by atoms with E-state index < -0.39 is 17.1 Å². The van der Waals surface area contributed by atoms with Crippen molar-refractivity contribution in [1.82, 2.24) is 5.32 Å². The zero-order valence-electron chi connectivity index (χ0n) is 11.4. The molecule has 0 aromatic carbocycles. The molecule has 0 saturated heterocycles. The molecule has 1 amide bonds. The Morgan fingerprint density at radius 3 is 2.17 bits per heavy atom. The summed E-state index contributed by atoms with van der Waals surface area (Å²) >= 11 is 1.22. The van der Waals surface area contributed by atoms with Crippen LogP contribution in [-0.4, -0.2) is 50.6 Å². The quantitative estimate of drug-likeness (QED) is 0.522. The van der Waals surface area contributed by atoms with Crippen molar-refractivity contribution in [2.45, 2.75) is 30.9 Å². The van der Waals surface area contributed by atoms with E-state index in [9.17, 15) is 9.59 Å². The molecule has 0 heterocycles. The van der Waals surface area contributed by atoms with Crippen molar-refractivity contribution in [3.63, 3.8) is 0 Å². The van der Waals surface area contributed by atoms with Crippen LogP contribution in [0, 0.1) is 0 Å². The van der Waals surface area contributed by atoms with Crippen LogP contribution in [0.3, 0.4) is 0 Å². The Kier molecular flexibility index (Phi) is 7.97. The van der Waals surface area contributed by atoms with Gasteiger partial charge in [-0.2, -0.15) is 0 Å². The maximum absolute atomic E-state index is 11.9. The van der Waals surface area contributed by atoms with Crippen LogP contribution in [0.15, 0.2) is 0 Å². The molecule has 0 rings (SSSR count). The van der Waals surface area contributed by atoms with E-state index in [1.54, 1.807) is 6.26 Å². The number of carbonyl (C=O) groups is 2. The third-order valence-electron chi connectivity index (χ3n) is 2.50. The first kappa shape index (κ1) is 17.2. The van der Waals surface area contributed by atoms with E-state index in [2.05, 4.69) is 5.32 Å². The maximum atomic E-state index is 11.9. The summed E-state index contributed by atoms with van der Waals surface area (Å²) in [5.41, 5.74) is 0. The van der Waals surface area contributed by atoms with Crippen LogP contribution in [0.1, 0.15) is 19.8 Å². The predicted octanol–water partition coefficient (Wildman–Crippen LogP) is 0.754. The number of esters is 1. The van der Waals surface area contributed by atoms with Gasteiger partial charge in [-0.15, -0.1) is 11.8 Å². The van der Waals surface area contributed by atoms with Crippen molar-refractivity contribution < 1.29 is 23.8 Å². The van der Waals surface area contributed by atoms with Crippen LogP contribution < -0.4 is 5.32 Å². The molecular weight excluding hydrogens is 258 g/mol. The number of nitrogens with one attached hydrogen (secondary N) is 1. The molecule has 6 nitrogen and oxygen atoms in total. The Morgan fingerprint density at radius 1 is 1.28 bits per heavy atom. The topological polar surface area (TPSA) is 73.9 Å². The molecule has 0 bridgehead atoms. The Morgan fingerprint density at radius 2 is 1.83 bits per heavy atom. The molecule has 0 aliphatic heterocycles. The smallest absolute Gasteiger partial charge is 0.342 e. The summed E-state index contributed by atoms with van der Waals surface area (Å²) in [6.45, 7) is 1.36. The van der Waals surface area contributed by atoms with Crippen molar-refractivity contribution in [2.75, 3.05) is 27.6 Å². The van der Waals surface area contributed by atoms with Crippen LogP contribution in [-0.2, 0) is 23.8 Å². The Labute approximate surface area is 112 Å². The van der Waals surface area contributed by atoms with E-state index in [1.807, 2.05) is 0 Å². The number of rotatable bonds is 8. The number of ether oxygens (including phenoxy) is 3. The first-order valence-corrected chi connectivity index (χ1v) is 6.66. The second-order valence-corrected chi connectivity index (χ2v) is 4.75. The first-order chi connectivity index (χ1) is 8.45. The summed E-state index contributed by atoms with van der Waals surface area (Å²) in [7, 11) is 4.33. The van der Waals surface area contributed by atoms with Crippen molar-refractivity contribution in [1.29, 1.82) is 0 Å². The lowest BCUT2D eigenvalue weighted by Gasteiger charge is -2.30. The molecule has 0 aromatic heterocycles. The van der Waals surface area contributed by atoms with Crippen LogP contribution in [0.4, 0.5) is 0 Å². The minimum absolute atomic E-state index is 0.291. The van der Waals surface area contributed by atoms with Gasteiger partial charge in [0.1, 0.15) is 0 Å². The summed E-state index contributed by atoms with van der Waals surface area (Å²) in [6.07, 6.45) is 2.13. The summed E-state index contributed by atoms with van der Waals surface area (Å²) in [5, 5.41) is 2.64. The molecule has 0 fully saturated rings. The first-order valence-electron chi connectivity index (χ1n) is 5.43. The summed E-state index contributed by atoms with van der Waals surface area (Å²) < 4.78 is 14.9. The Balaban J connectivity index is 4.83. The lowest BCUT2D eigenvalue weighted by Crippen LogP contribution is -2.52. The average Bonchev–Trinajstić information content (AvgIpc) is 2.36. The Bertz CT molecular complexity index is 283. The molecule has 1 unspecified atom stereocenters. The molecule has 0 aliphatic rings. The fourth-order valence-corrected chi connectivity index (χ4v) is 2.37. The van der Waals surface area contributed by atoms with E-state index in [0.29, 0.717) is 12.8 Å². The SMILES string of the molecule is COC(=O)C(CCC(OC)OC)(NC(C)=O)SC. The van der Waals surface area contributed by atoms with Crippen LogP contribution >= 0.6 is 11.8 Å². The number of carbonyl (C=O) groups excluding carboxylic acids is 2. The molecule has 0 aliphatic carbocycles. The number of hydrogen-bond acceptors (Lipinski definition) is 6. The number of thioether (sulfide) groups is 1. The van der Waals surface area contributed by atoms with Gasteiger partial charge in [-0.1, -0.05) is 0 Å². The summed E-state index contributed by atoms with van der Waals surface area (Å²) in [5.74, 6) is -0.780. The third kappa shape index (κ3) is 4.83. The second kappa shape index (κ2) is 8.34. The minimum atomic E-state index is -1.10. The normalized spacial score (nSPS) is 14.1. The molecule has 106 valence electrons. The lowest BCUT2D eigenvalue weighted by atomic mass is 10.1. The van der Waals surface area contributed by atoms with E-state index in [-0.39, 0.29) is 5.91 Å². The fourth-order valence-electron chi connectivity index (χ4n) is 1.55. The van der Waals surface area contributed by atoms with Gasteiger partial charge in [-0.05, 0) is 12.7 Å². The van der Waals surface area contributed by atoms with E-state index in [0.717, 1.165) is 0 Å². The van der Waals surface area contributed by atoms with Crippen LogP contribution in [0.25, 0.3) is 0 Å². The van der Waals surface area contributed by atoms with E-state index >= 15 is 0 Å². The van der Waals surface area contributed by atoms with E-state index in [1.165, 1.54) is 40.0 Å². The van der Waals surface area contributed by atoms with Gasteiger partial charge >= 0.3 is 5.97 Å². The number of amides is 1. The molecule has 0 saturated carbocycles. The minimum Gasteiger partial charge on any atom is -0.467 e. The van der Waals surface area contributed by atoms with Gasteiger partial charge in [0, 0.05) is 27.6 Å². The van der Waals surface area contributed by atoms with Gasteiger partial charge in [0.05, 0.1) is 7.11 Å². The maximum Gasteiger partial charge on any atom is 0.342 e. The largest absolute Gasteiger partial charge is 0.467 e. The van der Waals surface area contributed by atoms with Gasteiger partial charge in [0.25, 0.3) is 0 Å². The molecule has 7 heteroatoms. The second-order valence-electron chi connectivity index (χ2n) is 3.64. The highest BCUT2D eigenvalue weighted by atomic mass is 32.2. The zero-order valence-corrected chi connectivity index (χ0v) is 12.3. The summed E-state index contributed by atoms with van der Waals surface area (Å²) in [4.78, 5) is 22.0. The number of hydrogen-bond donors (Lipinski definition) is 1. The fraction of sp³-hybridized carbons (Fsp3) is 0.818. The highest BCUT2D eigenvalue weighted by molar-refractivity contribution is 8.00. The van der Waals surface area contributed by atoms with Crippen molar-refractivity contribution in [3.05, 3.63) is 0 Å². The zero-order chi connectivity index (χ0) is 14.2. The van der Waals surface area contributed by atoms with Crippen molar-refractivity contribution in [3.8, 4) is 0 Å². The highest BCUT2D eigenvalue weighted by Gasteiger charge is 2.40. The monoisotopic (exact) mass is 279 g/mol. The molecule has 1 atom stereocenters. The van der Waals surface area contributed by atoms with Gasteiger partial charge < -0.3 is 19.5 Å². The van der Waals surface area contributed by atoms with Gasteiger partial charge in [0.15, 0.2) is 11.2 Å². The molecule has 0 spiro atoms. The standard InChI is InChI=1S/C11H21NO5S/c1-8(13)12-11(18-5,10(14)17-4)7-6-9(15-2)16-3/h9H,6-7H2,1-5H3,(H,12,13). The molecule has 18 heavy (non-hydrogen) atoms. The lowest BCUT2D eigenvalue weighted by molar-refractivity contribution is -0.148. The highest BCUT2D eigenvalue weighted by Crippen LogP contribution is 2.28. The van der Waals surface area contributed by atoms with Crippen molar-refractivity contribution >= 4 is 23.6 Å². The third-order valence-corrected chi connectivity index (χ3v) is 3.67. The molecule has 0 radical (unpaired) electrons. The molecule has 0 aromatic rings. The average molecular weight is 279 g/mol. The van der Waals surface area contributed by atoms with Gasteiger partial charge in [-0.25, -0.2) is 4.79 Å². The molecular formula is C11H21NO5S. The van der Waals surface area contributed by atoms with Crippen LogP contribution in [0.2, 0.25) is 0 Å². The van der Waals surface area contributed by atoms with Gasteiger partial charge in [-0.3, -0.25) is 4.79 Å². The van der Waals surface area contributed by atoms with Gasteiger partial charge in [0.2, 0.25) is 5.91 Å².